The molecule has 3 N–H and O–H groups in total. The van der Waals surface area contributed by atoms with E-state index in [1.54, 1.807) is 31.6 Å². The first kappa shape index (κ1) is 16.0. The standard InChI is InChI=1S/C16H18N4O4/c1-10-14(19-15(22)12-4-2-3-5-13(12)21)16(23)20(24-10)7-6-11-8-17-9-18-11/h2-5,8-10,14,21H,6-7H2,1H3,(H,17,18)(H,19,22)/t10-,14-/m0/s1. The second kappa shape index (κ2) is 6.71. The highest BCUT2D eigenvalue weighted by molar-refractivity contribution is 5.99. The van der Waals surface area contributed by atoms with Crippen LogP contribution in [0.3, 0.4) is 0 Å². The molecule has 3 rings (SSSR count). The first-order valence-corrected chi connectivity index (χ1v) is 7.60. The first-order chi connectivity index (χ1) is 11.6. The summed E-state index contributed by atoms with van der Waals surface area (Å²) in [6.07, 6.45) is 3.33. The number of phenolic OH excluding ortho intramolecular Hbond substituents is 1. The molecule has 2 atom stereocenters. The highest BCUT2D eigenvalue weighted by atomic mass is 16.7. The average Bonchev–Trinajstić information content (AvgIpc) is 3.17. The van der Waals surface area contributed by atoms with Crippen LogP contribution in [-0.2, 0) is 16.1 Å². The van der Waals surface area contributed by atoms with Gasteiger partial charge < -0.3 is 15.4 Å². The maximum atomic E-state index is 12.4. The van der Waals surface area contributed by atoms with Gasteiger partial charge >= 0.3 is 0 Å². The lowest BCUT2D eigenvalue weighted by atomic mass is 10.1. The number of carbonyl (C=O) groups excluding carboxylic acids is 2. The summed E-state index contributed by atoms with van der Waals surface area (Å²) in [5.41, 5.74) is 1.01. The quantitative estimate of drug-likeness (QED) is 0.745. The highest BCUT2D eigenvalue weighted by Crippen LogP contribution is 2.19. The fourth-order valence-electron chi connectivity index (χ4n) is 2.54. The minimum atomic E-state index is -0.793. The molecule has 1 aliphatic heterocycles. The molecule has 0 radical (unpaired) electrons. The maximum Gasteiger partial charge on any atom is 0.271 e. The van der Waals surface area contributed by atoms with Crippen LogP contribution >= 0.6 is 0 Å². The minimum absolute atomic E-state index is 0.119. The van der Waals surface area contributed by atoms with E-state index >= 15 is 0 Å². The van der Waals surface area contributed by atoms with E-state index in [9.17, 15) is 14.7 Å². The topological polar surface area (TPSA) is 108 Å². The van der Waals surface area contributed by atoms with E-state index < -0.39 is 18.1 Å². The zero-order valence-electron chi connectivity index (χ0n) is 13.1. The molecule has 0 aliphatic carbocycles. The third kappa shape index (κ3) is 3.23. The number of nitrogens with zero attached hydrogens (tertiary/aromatic N) is 2. The number of rotatable bonds is 5. The van der Waals surface area contributed by atoms with Gasteiger partial charge in [0.25, 0.3) is 11.8 Å². The van der Waals surface area contributed by atoms with Gasteiger partial charge in [0.1, 0.15) is 17.9 Å². The molecule has 0 unspecified atom stereocenters. The molecule has 1 fully saturated rings. The Morgan fingerprint density at radius 2 is 2.25 bits per heavy atom. The summed E-state index contributed by atoms with van der Waals surface area (Å²) in [5, 5.41) is 13.6. The molecule has 0 bridgehead atoms. The van der Waals surface area contributed by atoms with Crippen LogP contribution in [0.5, 0.6) is 5.75 Å². The molecule has 1 saturated heterocycles. The molecule has 8 heteroatoms. The Morgan fingerprint density at radius 1 is 1.46 bits per heavy atom. The number of amides is 2. The van der Waals surface area contributed by atoms with Crippen LogP contribution in [-0.4, -0.2) is 50.6 Å². The third-order valence-corrected chi connectivity index (χ3v) is 3.85. The van der Waals surface area contributed by atoms with Gasteiger partial charge in [-0.3, -0.25) is 14.4 Å². The summed E-state index contributed by atoms with van der Waals surface area (Å²) in [6, 6.07) is 5.38. The Labute approximate surface area is 138 Å². The Balaban J connectivity index is 1.62. The Kier molecular flexibility index (Phi) is 4.48. The number of nitrogens with one attached hydrogen (secondary N) is 2. The predicted octanol–water partition coefficient (Wildman–Crippen LogP) is 0.619. The van der Waals surface area contributed by atoms with E-state index in [-0.39, 0.29) is 17.2 Å². The largest absolute Gasteiger partial charge is 0.507 e. The molecular formula is C16H18N4O4. The zero-order valence-corrected chi connectivity index (χ0v) is 13.1. The van der Waals surface area contributed by atoms with Crippen molar-refractivity contribution in [3.8, 4) is 5.75 Å². The summed E-state index contributed by atoms with van der Waals surface area (Å²) in [4.78, 5) is 37.1. The summed E-state index contributed by atoms with van der Waals surface area (Å²) >= 11 is 0. The van der Waals surface area contributed by atoms with Crippen LogP contribution in [0.2, 0.25) is 0 Å². The maximum absolute atomic E-state index is 12.4. The summed E-state index contributed by atoms with van der Waals surface area (Å²) in [7, 11) is 0. The second-order valence-corrected chi connectivity index (χ2v) is 5.55. The number of carbonyl (C=O) groups is 2. The Bertz CT molecular complexity index is 731. The van der Waals surface area contributed by atoms with Crippen molar-refractivity contribution in [2.24, 2.45) is 0 Å². The monoisotopic (exact) mass is 330 g/mol. The summed E-state index contributed by atoms with van der Waals surface area (Å²) < 4.78 is 0. The lowest BCUT2D eigenvalue weighted by molar-refractivity contribution is -0.170. The van der Waals surface area contributed by atoms with Crippen LogP contribution in [0.4, 0.5) is 0 Å². The molecular weight excluding hydrogens is 312 g/mol. The second-order valence-electron chi connectivity index (χ2n) is 5.55. The lowest BCUT2D eigenvalue weighted by Crippen LogP contribution is -2.45. The molecule has 0 saturated carbocycles. The molecule has 2 aromatic rings. The predicted molar refractivity (Wildman–Crippen MR) is 83.9 cm³/mol. The number of H-pyrrole nitrogens is 1. The number of phenols is 1. The van der Waals surface area contributed by atoms with E-state index in [0.29, 0.717) is 13.0 Å². The normalized spacial score (nSPS) is 20.4. The van der Waals surface area contributed by atoms with Gasteiger partial charge in [0, 0.05) is 18.3 Å². The van der Waals surface area contributed by atoms with Gasteiger partial charge in [-0.05, 0) is 19.1 Å². The molecule has 1 aliphatic rings. The number of hydrogen-bond acceptors (Lipinski definition) is 5. The molecule has 0 spiro atoms. The number of hydrogen-bond donors (Lipinski definition) is 3. The fraction of sp³-hybridized carbons (Fsp3) is 0.312. The van der Waals surface area contributed by atoms with Crippen molar-refractivity contribution < 1.29 is 19.5 Å². The zero-order chi connectivity index (χ0) is 17.1. The van der Waals surface area contributed by atoms with Crippen molar-refractivity contribution in [2.75, 3.05) is 6.54 Å². The van der Waals surface area contributed by atoms with Crippen LogP contribution in [0.15, 0.2) is 36.8 Å². The molecule has 2 heterocycles. The van der Waals surface area contributed by atoms with Gasteiger partial charge in [-0.2, -0.15) is 0 Å². The summed E-state index contributed by atoms with van der Waals surface area (Å²) in [6.45, 7) is 2.07. The SMILES string of the molecule is C[C@@H]1ON(CCc2cnc[nH]2)C(=O)[C@H]1NC(=O)c1ccccc1O. The van der Waals surface area contributed by atoms with Gasteiger partial charge in [0.05, 0.1) is 18.4 Å². The molecule has 24 heavy (non-hydrogen) atoms. The van der Waals surface area contributed by atoms with Crippen molar-refractivity contribution in [3.63, 3.8) is 0 Å². The summed E-state index contributed by atoms with van der Waals surface area (Å²) in [5.74, 6) is -0.965. The lowest BCUT2D eigenvalue weighted by Gasteiger charge is -2.14. The van der Waals surface area contributed by atoms with Crippen molar-refractivity contribution in [3.05, 3.63) is 48.0 Å². The minimum Gasteiger partial charge on any atom is -0.507 e. The Morgan fingerprint density at radius 3 is 2.96 bits per heavy atom. The van der Waals surface area contributed by atoms with Crippen LogP contribution < -0.4 is 5.32 Å². The van der Waals surface area contributed by atoms with E-state index in [4.69, 9.17) is 4.84 Å². The number of aromatic nitrogens is 2. The Hall–Kier alpha value is -2.87. The van der Waals surface area contributed by atoms with E-state index in [1.165, 1.54) is 17.2 Å². The van der Waals surface area contributed by atoms with Crippen LogP contribution in [0.25, 0.3) is 0 Å². The van der Waals surface area contributed by atoms with Crippen molar-refractivity contribution in [2.45, 2.75) is 25.5 Å². The number of aromatic hydroxyl groups is 1. The van der Waals surface area contributed by atoms with Crippen molar-refractivity contribution in [1.82, 2.24) is 20.3 Å². The van der Waals surface area contributed by atoms with Gasteiger partial charge in [0.15, 0.2) is 0 Å². The number of para-hydroxylation sites is 1. The van der Waals surface area contributed by atoms with E-state index in [0.717, 1.165) is 5.69 Å². The molecule has 8 nitrogen and oxygen atoms in total. The van der Waals surface area contributed by atoms with E-state index in [2.05, 4.69) is 15.3 Å². The van der Waals surface area contributed by atoms with Gasteiger partial charge in [-0.15, -0.1) is 0 Å². The molecule has 126 valence electrons. The van der Waals surface area contributed by atoms with Crippen LogP contribution in [0.1, 0.15) is 23.0 Å². The average molecular weight is 330 g/mol. The van der Waals surface area contributed by atoms with E-state index in [1.807, 2.05) is 0 Å². The smallest absolute Gasteiger partial charge is 0.271 e. The highest BCUT2D eigenvalue weighted by Gasteiger charge is 2.40. The van der Waals surface area contributed by atoms with Gasteiger partial charge in [-0.1, -0.05) is 12.1 Å². The first-order valence-electron chi connectivity index (χ1n) is 7.60. The number of hydroxylamine groups is 2. The number of imidazole rings is 1. The number of benzene rings is 1. The molecule has 2 amide bonds. The van der Waals surface area contributed by atoms with Crippen LogP contribution in [0, 0.1) is 0 Å². The fourth-order valence-corrected chi connectivity index (χ4v) is 2.54. The third-order valence-electron chi connectivity index (χ3n) is 3.85. The van der Waals surface area contributed by atoms with Gasteiger partial charge in [-0.25, -0.2) is 10.0 Å². The number of aromatic amines is 1. The van der Waals surface area contributed by atoms with Gasteiger partial charge in [0.2, 0.25) is 0 Å². The van der Waals surface area contributed by atoms with Crippen molar-refractivity contribution in [1.29, 1.82) is 0 Å². The molecule has 1 aromatic heterocycles. The molecule has 1 aromatic carbocycles. The van der Waals surface area contributed by atoms with Crippen molar-refractivity contribution >= 4 is 11.8 Å².